The highest BCUT2D eigenvalue weighted by Gasteiger charge is 2.03. The zero-order chi connectivity index (χ0) is 12.3. The van der Waals surface area contributed by atoms with Gasteiger partial charge in [0.2, 0.25) is 0 Å². The highest BCUT2D eigenvalue weighted by Crippen LogP contribution is 2.25. The van der Waals surface area contributed by atoms with Crippen LogP contribution in [0.15, 0.2) is 36.4 Å². The summed E-state index contributed by atoms with van der Waals surface area (Å²) in [6.45, 7) is 6.52. The average molecular weight is 223 g/mol. The van der Waals surface area contributed by atoms with Crippen LogP contribution in [-0.4, -0.2) is 0 Å². The van der Waals surface area contributed by atoms with Gasteiger partial charge in [0.15, 0.2) is 0 Å². The molecule has 0 spiro atoms. The topological polar surface area (TPSA) is 0 Å². The Hall–Kier alpha value is -1.56. The first-order valence-corrected chi connectivity index (χ1v) is 6.29. The molecule has 2 rings (SSSR count). The molecular formula is C17H19. The molecule has 0 bridgehead atoms. The fourth-order valence-electron chi connectivity index (χ4n) is 2.14. The van der Waals surface area contributed by atoms with E-state index in [0.717, 1.165) is 6.42 Å². The predicted octanol–water partition coefficient (Wildman–Crippen LogP) is 4.72. The predicted molar refractivity (Wildman–Crippen MR) is 74.2 cm³/mol. The molecule has 0 heterocycles. The van der Waals surface area contributed by atoms with Crippen molar-refractivity contribution in [3.05, 3.63) is 59.2 Å². The van der Waals surface area contributed by atoms with Crippen LogP contribution in [0, 0.1) is 19.9 Å². The van der Waals surface area contributed by atoms with E-state index in [0.29, 0.717) is 0 Å². The Morgan fingerprint density at radius 2 is 1.88 bits per heavy atom. The first kappa shape index (κ1) is 11.9. The first-order valence-electron chi connectivity index (χ1n) is 6.29. The van der Waals surface area contributed by atoms with Crippen LogP contribution >= 0.6 is 0 Å². The molecule has 0 atom stereocenters. The minimum Gasteiger partial charge on any atom is -0.0651 e. The first-order chi connectivity index (χ1) is 8.20. The second-order valence-electron chi connectivity index (χ2n) is 4.68. The number of rotatable bonds is 3. The number of aryl methyl sites for hydroxylation is 3. The summed E-state index contributed by atoms with van der Waals surface area (Å²) in [5.41, 5.74) is 6.56. The maximum atomic E-state index is 3.35. The summed E-state index contributed by atoms with van der Waals surface area (Å²) >= 11 is 0. The fourth-order valence-corrected chi connectivity index (χ4v) is 2.14. The van der Waals surface area contributed by atoms with Gasteiger partial charge in [0.05, 0.1) is 0 Å². The van der Waals surface area contributed by atoms with Crippen LogP contribution in [0.25, 0.3) is 11.1 Å². The zero-order valence-corrected chi connectivity index (χ0v) is 10.9. The molecule has 1 radical (unpaired) electrons. The quantitative estimate of drug-likeness (QED) is 0.706. The van der Waals surface area contributed by atoms with Gasteiger partial charge in [0.25, 0.3) is 0 Å². The minimum atomic E-state index is 1.15. The van der Waals surface area contributed by atoms with E-state index in [4.69, 9.17) is 0 Å². The lowest BCUT2D eigenvalue weighted by atomic mass is 9.96. The zero-order valence-electron chi connectivity index (χ0n) is 10.9. The third-order valence-corrected chi connectivity index (χ3v) is 3.09. The SMILES string of the molecule is CCCc1cc[c]c(-c2cc(C)ccc2C)c1. The van der Waals surface area contributed by atoms with Crippen molar-refractivity contribution < 1.29 is 0 Å². The van der Waals surface area contributed by atoms with Gasteiger partial charge in [0.1, 0.15) is 0 Å². The molecule has 87 valence electrons. The van der Waals surface area contributed by atoms with Crippen molar-refractivity contribution in [2.45, 2.75) is 33.6 Å². The molecule has 0 nitrogen and oxygen atoms in total. The monoisotopic (exact) mass is 223 g/mol. The Kier molecular flexibility index (Phi) is 3.63. The van der Waals surface area contributed by atoms with Gasteiger partial charge in [-0.25, -0.2) is 0 Å². The summed E-state index contributed by atoms with van der Waals surface area (Å²) in [5, 5.41) is 0. The van der Waals surface area contributed by atoms with Crippen molar-refractivity contribution in [2.24, 2.45) is 0 Å². The van der Waals surface area contributed by atoms with E-state index in [1.54, 1.807) is 0 Å². The molecule has 2 aromatic carbocycles. The molecule has 0 aliphatic carbocycles. The smallest absolute Gasteiger partial charge is 0.00989 e. The van der Waals surface area contributed by atoms with Crippen molar-refractivity contribution in [1.29, 1.82) is 0 Å². The molecule has 0 saturated heterocycles. The molecule has 0 heteroatoms. The minimum absolute atomic E-state index is 1.15. The van der Waals surface area contributed by atoms with Crippen LogP contribution in [0.3, 0.4) is 0 Å². The second kappa shape index (κ2) is 5.18. The fraction of sp³-hybridized carbons (Fsp3) is 0.294. The number of hydrogen-bond acceptors (Lipinski definition) is 0. The Balaban J connectivity index is 2.45. The molecule has 0 aromatic heterocycles. The largest absolute Gasteiger partial charge is 0.0651 e. The Bertz CT molecular complexity index is 509. The highest BCUT2D eigenvalue weighted by atomic mass is 14.1. The van der Waals surface area contributed by atoms with Gasteiger partial charge in [-0.2, -0.15) is 0 Å². The molecule has 0 fully saturated rings. The van der Waals surface area contributed by atoms with E-state index in [9.17, 15) is 0 Å². The van der Waals surface area contributed by atoms with Gasteiger partial charge in [-0.15, -0.1) is 0 Å². The standard InChI is InChI=1S/C17H19/c1-4-6-15-7-5-8-16(12-15)17-11-13(2)9-10-14(17)3/h5,7,9-12H,4,6H2,1-3H3. The van der Waals surface area contributed by atoms with Crippen LogP contribution in [0.5, 0.6) is 0 Å². The summed E-state index contributed by atoms with van der Waals surface area (Å²) in [5.74, 6) is 0. The van der Waals surface area contributed by atoms with E-state index in [1.807, 2.05) is 6.07 Å². The third-order valence-electron chi connectivity index (χ3n) is 3.09. The highest BCUT2D eigenvalue weighted by molar-refractivity contribution is 5.68. The van der Waals surface area contributed by atoms with Gasteiger partial charge in [-0.05, 0) is 48.6 Å². The molecule has 0 N–H and O–H groups in total. The van der Waals surface area contributed by atoms with Crippen LogP contribution in [0.4, 0.5) is 0 Å². The Labute approximate surface area is 104 Å². The lowest BCUT2D eigenvalue weighted by molar-refractivity contribution is 0.922. The van der Waals surface area contributed by atoms with E-state index < -0.39 is 0 Å². The van der Waals surface area contributed by atoms with Crippen molar-refractivity contribution in [2.75, 3.05) is 0 Å². The van der Waals surface area contributed by atoms with Crippen LogP contribution < -0.4 is 0 Å². The van der Waals surface area contributed by atoms with Gasteiger partial charge in [-0.1, -0.05) is 55.3 Å². The van der Waals surface area contributed by atoms with Gasteiger partial charge in [0, 0.05) is 0 Å². The number of hydrogen-bond donors (Lipinski definition) is 0. The molecular weight excluding hydrogens is 204 g/mol. The molecule has 0 aliphatic rings. The second-order valence-corrected chi connectivity index (χ2v) is 4.68. The van der Waals surface area contributed by atoms with E-state index in [2.05, 4.69) is 57.2 Å². The maximum Gasteiger partial charge on any atom is -0.00989 e. The van der Waals surface area contributed by atoms with Gasteiger partial charge < -0.3 is 0 Å². The van der Waals surface area contributed by atoms with Crippen LogP contribution in [0.2, 0.25) is 0 Å². The van der Waals surface area contributed by atoms with Crippen molar-refractivity contribution in [3.8, 4) is 11.1 Å². The summed E-state index contributed by atoms with van der Waals surface area (Å²) in [6.07, 6.45) is 2.34. The van der Waals surface area contributed by atoms with E-state index in [-0.39, 0.29) is 0 Å². The summed E-state index contributed by atoms with van der Waals surface area (Å²) in [7, 11) is 0. The molecule has 2 aromatic rings. The van der Waals surface area contributed by atoms with Crippen LogP contribution in [-0.2, 0) is 6.42 Å². The average Bonchev–Trinajstić information content (AvgIpc) is 2.33. The number of benzene rings is 2. The molecule has 0 aliphatic heterocycles. The van der Waals surface area contributed by atoms with Gasteiger partial charge >= 0.3 is 0 Å². The van der Waals surface area contributed by atoms with E-state index in [1.165, 1.54) is 34.2 Å². The summed E-state index contributed by atoms with van der Waals surface area (Å²) < 4.78 is 0. The van der Waals surface area contributed by atoms with Gasteiger partial charge in [-0.3, -0.25) is 0 Å². The Morgan fingerprint density at radius 3 is 2.65 bits per heavy atom. The van der Waals surface area contributed by atoms with Crippen molar-refractivity contribution in [1.82, 2.24) is 0 Å². The third kappa shape index (κ3) is 2.76. The lowest BCUT2D eigenvalue weighted by Crippen LogP contribution is -1.88. The lowest BCUT2D eigenvalue weighted by Gasteiger charge is -2.08. The normalized spacial score (nSPS) is 10.5. The van der Waals surface area contributed by atoms with E-state index >= 15 is 0 Å². The summed E-state index contributed by atoms with van der Waals surface area (Å²) in [6, 6.07) is 16.4. The van der Waals surface area contributed by atoms with Crippen molar-refractivity contribution in [3.63, 3.8) is 0 Å². The molecule has 0 amide bonds. The molecule has 0 unspecified atom stereocenters. The Morgan fingerprint density at radius 1 is 1.06 bits per heavy atom. The summed E-state index contributed by atoms with van der Waals surface area (Å²) in [4.78, 5) is 0. The molecule has 0 saturated carbocycles. The maximum absolute atomic E-state index is 3.35. The molecule has 17 heavy (non-hydrogen) atoms. The van der Waals surface area contributed by atoms with Crippen LogP contribution in [0.1, 0.15) is 30.0 Å². The van der Waals surface area contributed by atoms with Crippen molar-refractivity contribution >= 4 is 0 Å².